The van der Waals surface area contributed by atoms with Gasteiger partial charge in [0.25, 0.3) is 0 Å². The Hall–Kier alpha value is -1.60. The van der Waals surface area contributed by atoms with Gasteiger partial charge in [0.05, 0.1) is 0 Å². The number of rotatable bonds is 3. The molecule has 82 valence electrons. The Labute approximate surface area is 97.1 Å². The molecule has 16 heavy (non-hydrogen) atoms. The third-order valence-electron chi connectivity index (χ3n) is 2.77. The average Bonchev–Trinajstić information content (AvgIpc) is 2.33. The molecule has 2 aromatic rings. The van der Waals surface area contributed by atoms with E-state index in [1.54, 1.807) is 0 Å². The number of hydrogen-bond acceptors (Lipinski definition) is 1. The zero-order valence-corrected chi connectivity index (χ0v) is 9.83. The van der Waals surface area contributed by atoms with Gasteiger partial charge in [0.15, 0.2) is 0 Å². The van der Waals surface area contributed by atoms with Gasteiger partial charge in [0.1, 0.15) is 0 Å². The van der Waals surface area contributed by atoms with Gasteiger partial charge in [-0.1, -0.05) is 42.5 Å². The summed E-state index contributed by atoms with van der Waals surface area (Å²) >= 11 is 0. The van der Waals surface area contributed by atoms with Gasteiger partial charge in [-0.25, -0.2) is 0 Å². The summed E-state index contributed by atoms with van der Waals surface area (Å²) in [6, 6.07) is 17.2. The lowest BCUT2D eigenvalue weighted by Gasteiger charge is -2.09. The van der Waals surface area contributed by atoms with E-state index in [1.165, 1.54) is 22.3 Å². The van der Waals surface area contributed by atoms with Crippen molar-refractivity contribution in [3.8, 4) is 11.1 Å². The van der Waals surface area contributed by atoms with Crippen LogP contribution in [0.25, 0.3) is 11.1 Å². The minimum absolute atomic E-state index is 0.917. The summed E-state index contributed by atoms with van der Waals surface area (Å²) in [5.74, 6) is 0. The highest BCUT2D eigenvalue weighted by Crippen LogP contribution is 2.24. The van der Waals surface area contributed by atoms with Gasteiger partial charge < -0.3 is 5.32 Å². The predicted octanol–water partition coefficient (Wildman–Crippen LogP) is 3.38. The molecule has 1 heteroatoms. The molecule has 0 bridgehead atoms. The van der Waals surface area contributed by atoms with E-state index in [-0.39, 0.29) is 0 Å². The maximum atomic E-state index is 3.18. The monoisotopic (exact) mass is 211 g/mol. The Bertz CT molecular complexity index is 460. The third-order valence-corrected chi connectivity index (χ3v) is 2.77. The Morgan fingerprint density at radius 3 is 2.44 bits per heavy atom. The zero-order chi connectivity index (χ0) is 11.4. The van der Waals surface area contributed by atoms with Crippen molar-refractivity contribution in [2.24, 2.45) is 0 Å². The van der Waals surface area contributed by atoms with Gasteiger partial charge in [-0.05, 0) is 42.3 Å². The van der Waals surface area contributed by atoms with E-state index in [2.05, 4.69) is 60.8 Å². The highest BCUT2D eigenvalue weighted by atomic mass is 14.8. The molecule has 0 unspecified atom stereocenters. The van der Waals surface area contributed by atoms with Crippen molar-refractivity contribution >= 4 is 0 Å². The molecule has 1 N–H and O–H groups in total. The summed E-state index contributed by atoms with van der Waals surface area (Å²) in [4.78, 5) is 0. The molecule has 0 atom stereocenters. The minimum atomic E-state index is 0.917. The van der Waals surface area contributed by atoms with Crippen LogP contribution < -0.4 is 5.32 Å². The molecule has 0 heterocycles. The van der Waals surface area contributed by atoms with E-state index in [9.17, 15) is 0 Å². The predicted molar refractivity (Wildman–Crippen MR) is 69.4 cm³/mol. The second kappa shape index (κ2) is 4.95. The molecule has 1 nitrogen and oxygen atoms in total. The van der Waals surface area contributed by atoms with Crippen LogP contribution in [0.5, 0.6) is 0 Å². The molecule has 0 aliphatic heterocycles. The van der Waals surface area contributed by atoms with E-state index < -0.39 is 0 Å². The molecule has 0 amide bonds. The molecule has 0 saturated heterocycles. The van der Waals surface area contributed by atoms with Crippen LogP contribution in [0.1, 0.15) is 11.1 Å². The second-order valence-corrected chi connectivity index (χ2v) is 4.05. The van der Waals surface area contributed by atoms with Gasteiger partial charge >= 0.3 is 0 Å². The lowest BCUT2D eigenvalue weighted by Crippen LogP contribution is -2.05. The van der Waals surface area contributed by atoms with Crippen molar-refractivity contribution < 1.29 is 0 Å². The number of hydrogen-bond donors (Lipinski definition) is 1. The van der Waals surface area contributed by atoms with E-state index in [1.807, 2.05) is 7.05 Å². The topological polar surface area (TPSA) is 12.0 Å². The third kappa shape index (κ3) is 2.31. The van der Waals surface area contributed by atoms with Crippen molar-refractivity contribution in [2.45, 2.75) is 13.5 Å². The van der Waals surface area contributed by atoms with Crippen LogP contribution in [0.15, 0.2) is 48.5 Å². The summed E-state index contributed by atoms with van der Waals surface area (Å²) < 4.78 is 0. The Morgan fingerprint density at radius 2 is 1.75 bits per heavy atom. The molecule has 0 fully saturated rings. The van der Waals surface area contributed by atoms with E-state index >= 15 is 0 Å². The molecular weight excluding hydrogens is 194 g/mol. The summed E-state index contributed by atoms with van der Waals surface area (Å²) in [6.45, 7) is 3.08. The van der Waals surface area contributed by atoms with Gasteiger partial charge in [-0.3, -0.25) is 0 Å². The molecule has 2 rings (SSSR count). The first-order valence-electron chi connectivity index (χ1n) is 5.61. The van der Waals surface area contributed by atoms with Crippen LogP contribution >= 0.6 is 0 Å². The first-order chi connectivity index (χ1) is 7.81. The van der Waals surface area contributed by atoms with Crippen LogP contribution in [-0.2, 0) is 6.54 Å². The molecular formula is C15H17N. The standard InChI is InChI=1S/C15H17N/c1-12-8-9-13(11-16-2)10-15(12)14-6-4-3-5-7-14/h3-10,16H,11H2,1-2H3. The SMILES string of the molecule is CNCc1ccc(C)c(-c2ccccc2)c1. The van der Waals surface area contributed by atoms with E-state index in [4.69, 9.17) is 0 Å². The minimum Gasteiger partial charge on any atom is -0.316 e. The van der Waals surface area contributed by atoms with E-state index in [0.717, 1.165) is 6.54 Å². The Morgan fingerprint density at radius 1 is 1.00 bits per heavy atom. The first-order valence-corrected chi connectivity index (χ1v) is 5.61. The average molecular weight is 211 g/mol. The summed E-state index contributed by atoms with van der Waals surface area (Å²) in [5.41, 5.74) is 5.27. The Kier molecular flexibility index (Phi) is 3.37. The van der Waals surface area contributed by atoms with Gasteiger partial charge in [0, 0.05) is 6.54 Å². The van der Waals surface area contributed by atoms with E-state index in [0.29, 0.717) is 0 Å². The second-order valence-electron chi connectivity index (χ2n) is 4.05. The lowest BCUT2D eigenvalue weighted by molar-refractivity contribution is 0.818. The highest BCUT2D eigenvalue weighted by Gasteiger charge is 2.02. The normalized spacial score (nSPS) is 10.4. The molecule has 0 aliphatic rings. The smallest absolute Gasteiger partial charge is 0.0202 e. The summed E-state index contributed by atoms with van der Waals surface area (Å²) in [7, 11) is 1.97. The van der Waals surface area contributed by atoms with Crippen molar-refractivity contribution in [3.63, 3.8) is 0 Å². The summed E-state index contributed by atoms with van der Waals surface area (Å²) in [6.07, 6.45) is 0. The molecule has 0 saturated carbocycles. The van der Waals surface area contributed by atoms with Crippen LogP contribution in [0.4, 0.5) is 0 Å². The van der Waals surface area contributed by atoms with Crippen LogP contribution in [-0.4, -0.2) is 7.05 Å². The van der Waals surface area contributed by atoms with Crippen molar-refractivity contribution in [2.75, 3.05) is 7.05 Å². The van der Waals surface area contributed by atoms with Crippen molar-refractivity contribution in [1.82, 2.24) is 5.32 Å². The fourth-order valence-corrected chi connectivity index (χ4v) is 1.91. The lowest BCUT2D eigenvalue weighted by atomic mass is 9.98. The number of nitrogens with one attached hydrogen (secondary N) is 1. The number of benzene rings is 2. The van der Waals surface area contributed by atoms with Crippen LogP contribution in [0.3, 0.4) is 0 Å². The van der Waals surface area contributed by atoms with Crippen LogP contribution in [0, 0.1) is 6.92 Å². The van der Waals surface area contributed by atoms with Crippen molar-refractivity contribution in [1.29, 1.82) is 0 Å². The molecule has 0 spiro atoms. The molecule has 2 aromatic carbocycles. The van der Waals surface area contributed by atoms with Gasteiger partial charge in [0.2, 0.25) is 0 Å². The highest BCUT2D eigenvalue weighted by molar-refractivity contribution is 5.67. The Balaban J connectivity index is 2.43. The van der Waals surface area contributed by atoms with Gasteiger partial charge in [-0.2, -0.15) is 0 Å². The molecule has 0 aliphatic carbocycles. The molecule has 0 aromatic heterocycles. The van der Waals surface area contributed by atoms with Gasteiger partial charge in [-0.15, -0.1) is 0 Å². The largest absolute Gasteiger partial charge is 0.316 e. The molecule has 0 radical (unpaired) electrons. The summed E-state index contributed by atoms with van der Waals surface area (Å²) in [5, 5.41) is 3.18. The maximum absolute atomic E-state index is 3.18. The fourth-order valence-electron chi connectivity index (χ4n) is 1.91. The quantitative estimate of drug-likeness (QED) is 0.820. The number of aryl methyl sites for hydroxylation is 1. The maximum Gasteiger partial charge on any atom is 0.0202 e. The van der Waals surface area contributed by atoms with Crippen LogP contribution in [0.2, 0.25) is 0 Å². The fraction of sp³-hybridized carbons (Fsp3) is 0.200. The van der Waals surface area contributed by atoms with Crippen molar-refractivity contribution in [3.05, 3.63) is 59.7 Å². The zero-order valence-electron chi connectivity index (χ0n) is 9.83. The first kappa shape index (κ1) is 10.9.